The maximum absolute atomic E-state index is 12.9. The number of carboxylic acids is 1. The number of carbonyl (C=O) groups is 3. The van der Waals surface area contributed by atoms with E-state index in [4.69, 9.17) is 47.7 Å². The Morgan fingerprint density at radius 2 is 1.13 bits per heavy atom. The highest BCUT2D eigenvalue weighted by Gasteiger charge is 2.56. The minimum absolute atomic E-state index is 0.0114. The number of aliphatic hydroxyl groups excluding tert-OH is 13. The van der Waals surface area contributed by atoms with E-state index in [1.165, 1.54) is 6.08 Å². The number of aliphatic carboxylic acids is 1. The van der Waals surface area contributed by atoms with Crippen molar-refractivity contribution in [3.8, 4) is 0 Å². The SMILES string of the molecule is O=C(O)CC(=O)OCC1OC(OC2CC(O)CC3OC(C4CCC(O)C(O)C4)C(OC4OC(COC(=O)C=CC5CCC(O)CC5)C(O)C(O)C4OC4OC(CO)C(O)C(O)C4O)CC23)C(O)C(O)C1O. The Hall–Kier alpha value is -2.65. The summed E-state index contributed by atoms with van der Waals surface area (Å²) in [6.07, 6.45) is -30.1. The van der Waals surface area contributed by atoms with E-state index in [-0.39, 0.29) is 38.0 Å². The van der Waals surface area contributed by atoms with Gasteiger partial charge in [-0.05, 0) is 69.6 Å². The monoisotopic (exact) mass is 1030 g/mol. The summed E-state index contributed by atoms with van der Waals surface area (Å²) in [7, 11) is 0. The zero-order valence-corrected chi connectivity index (χ0v) is 38.7. The van der Waals surface area contributed by atoms with Crippen molar-refractivity contribution in [2.45, 2.75) is 212 Å². The highest BCUT2D eigenvalue weighted by molar-refractivity contribution is 5.90. The standard InChI is InChI=1S/C45H70O26/c46-14-27-33(55)36(58)40(62)44(68-27)71-42-38(60)35(57)29(15-63-31(53)8-3-17-1-5-19(47)6-2-17)70-45(42)67-26-12-21-24(65-41(26)18-4-7-22(49)23(50)9-18)10-20(48)11-25(21)66-43-39(61)37(59)34(56)28(69-43)16-64-32(54)13-30(51)52/h3,8,17-29,33-50,55-62H,1-2,4-7,9-16H2,(H,51,52). The molecule has 7 rings (SSSR count). The summed E-state index contributed by atoms with van der Waals surface area (Å²) in [5, 5.41) is 149. The van der Waals surface area contributed by atoms with Gasteiger partial charge in [0.2, 0.25) is 0 Å². The summed E-state index contributed by atoms with van der Waals surface area (Å²) in [4.78, 5) is 35.9. The lowest BCUT2D eigenvalue weighted by Crippen LogP contribution is -2.66. The van der Waals surface area contributed by atoms with Crippen molar-refractivity contribution in [2.24, 2.45) is 17.8 Å². The lowest BCUT2D eigenvalue weighted by Gasteiger charge is -2.53. The fourth-order valence-electron chi connectivity index (χ4n) is 10.8. The second kappa shape index (κ2) is 24.8. The van der Waals surface area contributed by atoms with Crippen LogP contribution >= 0.6 is 0 Å². The number of carboxylic acid groups (broad SMARTS) is 1. The molecule has 0 amide bonds. The van der Waals surface area contributed by atoms with Gasteiger partial charge in [-0.2, -0.15) is 0 Å². The topological polar surface area (TPSA) is 418 Å². The van der Waals surface area contributed by atoms with Gasteiger partial charge in [-0.15, -0.1) is 0 Å². The van der Waals surface area contributed by atoms with Crippen LogP contribution in [0.3, 0.4) is 0 Å². The van der Waals surface area contributed by atoms with Crippen molar-refractivity contribution in [1.29, 1.82) is 0 Å². The first-order valence-electron chi connectivity index (χ1n) is 24.3. The molecule has 4 aliphatic heterocycles. The third-order valence-corrected chi connectivity index (χ3v) is 14.9. The van der Waals surface area contributed by atoms with Gasteiger partial charge in [0.15, 0.2) is 18.9 Å². The lowest BCUT2D eigenvalue weighted by atomic mass is 9.72. The van der Waals surface area contributed by atoms with Crippen LogP contribution in [0, 0.1) is 17.8 Å². The van der Waals surface area contributed by atoms with Crippen molar-refractivity contribution >= 4 is 17.9 Å². The average Bonchev–Trinajstić information content (AvgIpc) is 3.33. The molecule has 3 aliphatic carbocycles. The van der Waals surface area contributed by atoms with E-state index in [2.05, 4.69) is 0 Å². The van der Waals surface area contributed by atoms with Gasteiger partial charge in [-0.3, -0.25) is 9.59 Å². The third-order valence-electron chi connectivity index (χ3n) is 14.9. The number of ether oxygens (including phenoxy) is 9. The highest BCUT2D eigenvalue weighted by Crippen LogP contribution is 2.45. The maximum atomic E-state index is 12.9. The second-order valence-corrected chi connectivity index (χ2v) is 19.9. The Kier molecular flexibility index (Phi) is 19.6. The van der Waals surface area contributed by atoms with E-state index >= 15 is 0 Å². The van der Waals surface area contributed by atoms with E-state index in [1.807, 2.05) is 0 Å². The van der Waals surface area contributed by atoms with Crippen molar-refractivity contribution in [3.63, 3.8) is 0 Å². The van der Waals surface area contributed by atoms with Gasteiger partial charge < -0.3 is 114 Å². The van der Waals surface area contributed by atoms with Crippen molar-refractivity contribution in [1.82, 2.24) is 0 Å². The predicted molar refractivity (Wildman–Crippen MR) is 228 cm³/mol. The van der Waals surface area contributed by atoms with E-state index in [1.54, 1.807) is 6.08 Å². The number of fused-ring (bicyclic) bond motifs is 1. The molecule has 0 aromatic carbocycles. The van der Waals surface area contributed by atoms with E-state index in [0.29, 0.717) is 32.1 Å². The highest BCUT2D eigenvalue weighted by atomic mass is 16.8. The average molecular weight is 1030 g/mol. The first-order valence-corrected chi connectivity index (χ1v) is 24.3. The van der Waals surface area contributed by atoms with Crippen LogP contribution in [0.4, 0.5) is 0 Å². The number of hydrogen-bond donors (Lipinski definition) is 14. The van der Waals surface area contributed by atoms with Crippen LogP contribution in [0.25, 0.3) is 0 Å². The molecule has 0 aromatic rings. The summed E-state index contributed by atoms with van der Waals surface area (Å²) in [5.74, 6) is -4.77. The van der Waals surface area contributed by atoms with Gasteiger partial charge in [0.05, 0.1) is 55.4 Å². The van der Waals surface area contributed by atoms with Crippen LogP contribution in [-0.4, -0.2) is 250 Å². The molecule has 71 heavy (non-hydrogen) atoms. The van der Waals surface area contributed by atoms with E-state index in [0.717, 1.165) is 0 Å². The molecule has 24 atom stereocenters. The van der Waals surface area contributed by atoms with Crippen LogP contribution in [0.2, 0.25) is 0 Å². The van der Waals surface area contributed by atoms with E-state index < -0.39 is 197 Å². The molecule has 0 spiro atoms. The molecule has 7 fully saturated rings. The fourth-order valence-corrected chi connectivity index (χ4v) is 10.8. The summed E-state index contributed by atoms with van der Waals surface area (Å²) in [6.45, 7) is -2.22. The number of rotatable bonds is 16. The molecular formula is C45H70O26. The van der Waals surface area contributed by atoms with Gasteiger partial charge in [0.25, 0.3) is 0 Å². The summed E-state index contributed by atoms with van der Waals surface area (Å²) >= 11 is 0. The first kappa shape index (κ1) is 56.1. The number of hydrogen-bond acceptors (Lipinski definition) is 25. The van der Waals surface area contributed by atoms with Crippen molar-refractivity contribution in [2.75, 3.05) is 19.8 Å². The van der Waals surface area contributed by atoms with Gasteiger partial charge >= 0.3 is 17.9 Å². The number of aliphatic hydroxyl groups is 13. The largest absolute Gasteiger partial charge is 0.481 e. The predicted octanol–water partition coefficient (Wildman–Crippen LogP) is -5.69. The smallest absolute Gasteiger partial charge is 0.330 e. The molecule has 0 bridgehead atoms. The zero-order chi connectivity index (χ0) is 51.4. The summed E-state index contributed by atoms with van der Waals surface area (Å²) in [6, 6.07) is 0. The van der Waals surface area contributed by atoms with Crippen LogP contribution in [-0.2, 0) is 57.0 Å². The van der Waals surface area contributed by atoms with Gasteiger partial charge in [0.1, 0.15) is 92.9 Å². The van der Waals surface area contributed by atoms with Gasteiger partial charge in [0, 0.05) is 18.4 Å². The molecule has 406 valence electrons. The Bertz CT molecular complexity index is 1770. The van der Waals surface area contributed by atoms with Crippen LogP contribution < -0.4 is 0 Å². The van der Waals surface area contributed by atoms with E-state index in [9.17, 15) is 80.8 Å². The number of esters is 2. The molecular weight excluding hydrogens is 956 g/mol. The van der Waals surface area contributed by atoms with Gasteiger partial charge in [-0.25, -0.2) is 4.79 Å². The molecule has 26 nitrogen and oxygen atoms in total. The van der Waals surface area contributed by atoms with Crippen LogP contribution in [0.5, 0.6) is 0 Å². The second-order valence-electron chi connectivity index (χ2n) is 19.9. The number of allylic oxidation sites excluding steroid dienone is 1. The molecule has 4 heterocycles. The normalized spacial score (nSPS) is 47.6. The Morgan fingerprint density at radius 1 is 0.535 bits per heavy atom. The van der Waals surface area contributed by atoms with Crippen molar-refractivity contribution in [3.05, 3.63) is 12.2 Å². The Balaban J connectivity index is 1.15. The zero-order valence-electron chi connectivity index (χ0n) is 38.7. The van der Waals surface area contributed by atoms with Crippen LogP contribution in [0.15, 0.2) is 12.2 Å². The Morgan fingerprint density at radius 3 is 1.77 bits per heavy atom. The summed E-state index contributed by atoms with van der Waals surface area (Å²) < 4.78 is 53.6. The molecule has 0 radical (unpaired) electrons. The fraction of sp³-hybridized carbons (Fsp3) is 0.889. The van der Waals surface area contributed by atoms with Crippen molar-refractivity contribution < 1.29 is 129 Å². The molecule has 26 heteroatoms. The minimum Gasteiger partial charge on any atom is -0.481 e. The molecule has 0 aromatic heterocycles. The van der Waals surface area contributed by atoms with Gasteiger partial charge in [-0.1, -0.05) is 6.08 Å². The van der Waals surface area contributed by atoms with Crippen LogP contribution in [0.1, 0.15) is 70.6 Å². The maximum Gasteiger partial charge on any atom is 0.330 e. The molecule has 4 saturated heterocycles. The quantitative estimate of drug-likeness (QED) is 0.0389. The lowest BCUT2D eigenvalue weighted by molar-refractivity contribution is -0.380. The number of carbonyl (C=O) groups excluding carboxylic acids is 2. The summed E-state index contributed by atoms with van der Waals surface area (Å²) in [5.41, 5.74) is 0. The molecule has 14 N–H and O–H groups in total. The first-order chi connectivity index (χ1) is 33.7. The Labute approximate surface area is 407 Å². The molecule has 3 saturated carbocycles. The third kappa shape index (κ3) is 13.6. The minimum atomic E-state index is -1.99. The molecule has 24 unspecified atom stereocenters. The molecule has 7 aliphatic rings.